The van der Waals surface area contributed by atoms with E-state index in [-0.39, 0.29) is 12.4 Å². The van der Waals surface area contributed by atoms with Crippen molar-refractivity contribution in [2.24, 2.45) is 0 Å². The van der Waals surface area contributed by atoms with Crippen molar-refractivity contribution in [3.05, 3.63) is 40.4 Å². The molecule has 24 heavy (non-hydrogen) atoms. The van der Waals surface area contributed by atoms with Gasteiger partial charge in [0.2, 0.25) is 0 Å². The first-order valence-corrected chi connectivity index (χ1v) is 8.27. The molecule has 0 saturated carbocycles. The van der Waals surface area contributed by atoms with Gasteiger partial charge >= 0.3 is 0 Å². The van der Waals surface area contributed by atoms with Gasteiger partial charge in [0.25, 0.3) is 0 Å². The summed E-state index contributed by atoms with van der Waals surface area (Å²) < 4.78 is 15.6. The van der Waals surface area contributed by atoms with Crippen molar-refractivity contribution in [1.82, 2.24) is 25.0 Å². The lowest BCUT2D eigenvalue weighted by Crippen LogP contribution is -2.20. The van der Waals surface area contributed by atoms with E-state index in [1.54, 1.807) is 16.8 Å². The normalized spacial score (nSPS) is 14.7. The Morgan fingerprint density at radius 3 is 2.75 bits per heavy atom. The first-order chi connectivity index (χ1) is 11.6. The first kappa shape index (κ1) is 15.3. The van der Waals surface area contributed by atoms with E-state index in [0.29, 0.717) is 27.6 Å². The van der Waals surface area contributed by atoms with Crippen LogP contribution in [0.4, 0.5) is 10.2 Å². The predicted octanol–water partition coefficient (Wildman–Crippen LogP) is 2.97. The number of aryl methyl sites for hydroxylation is 1. The maximum atomic E-state index is 14.1. The van der Waals surface area contributed by atoms with Crippen LogP contribution < -0.4 is 4.90 Å². The molecule has 1 fully saturated rings. The van der Waals surface area contributed by atoms with E-state index in [1.165, 1.54) is 6.07 Å². The second-order valence-corrected chi connectivity index (χ2v) is 6.32. The van der Waals surface area contributed by atoms with Crippen LogP contribution in [0, 0.1) is 12.7 Å². The molecule has 3 aromatic rings. The Morgan fingerprint density at radius 2 is 2.00 bits per heavy atom. The van der Waals surface area contributed by atoms with E-state index < -0.39 is 0 Å². The average Bonchev–Trinajstić information content (AvgIpc) is 3.20. The lowest BCUT2D eigenvalue weighted by Gasteiger charge is -2.16. The highest BCUT2D eigenvalue weighted by molar-refractivity contribution is 6.31. The van der Waals surface area contributed by atoms with Gasteiger partial charge in [0, 0.05) is 23.7 Å². The van der Waals surface area contributed by atoms with Gasteiger partial charge in [-0.3, -0.25) is 0 Å². The summed E-state index contributed by atoms with van der Waals surface area (Å²) in [7, 11) is 0. The summed E-state index contributed by atoms with van der Waals surface area (Å²) in [5.41, 5.74) is 1.63. The van der Waals surface area contributed by atoms with Gasteiger partial charge in [-0.05, 0) is 31.9 Å². The van der Waals surface area contributed by atoms with Gasteiger partial charge in [0.05, 0.1) is 6.54 Å². The molecule has 0 bridgehead atoms. The van der Waals surface area contributed by atoms with Crippen molar-refractivity contribution >= 4 is 28.6 Å². The molecule has 0 N–H and O–H groups in total. The Labute approximate surface area is 143 Å². The fourth-order valence-corrected chi connectivity index (χ4v) is 3.26. The van der Waals surface area contributed by atoms with Gasteiger partial charge in [-0.25, -0.2) is 19.0 Å². The number of anilines is 1. The summed E-state index contributed by atoms with van der Waals surface area (Å²) in [6, 6.07) is 4.63. The average molecular weight is 347 g/mol. The molecule has 0 atom stereocenters. The molecule has 1 aliphatic heterocycles. The first-order valence-electron chi connectivity index (χ1n) is 7.89. The summed E-state index contributed by atoms with van der Waals surface area (Å²) in [6.07, 6.45) is 2.28. The molecule has 4 rings (SSSR count). The van der Waals surface area contributed by atoms with Gasteiger partial charge in [-0.15, -0.1) is 5.10 Å². The SMILES string of the molecule is Cc1nc(N2CCCC2)c2nnn(Cc3c(F)cccc3Cl)c2n1. The Bertz CT molecular complexity index is 883. The van der Waals surface area contributed by atoms with Crippen LogP contribution in [0.25, 0.3) is 11.2 Å². The van der Waals surface area contributed by atoms with Crippen molar-refractivity contribution in [3.8, 4) is 0 Å². The minimum atomic E-state index is -0.364. The van der Waals surface area contributed by atoms with E-state index in [1.807, 2.05) is 6.92 Å². The molecular formula is C16H16ClFN6. The summed E-state index contributed by atoms with van der Waals surface area (Å²) >= 11 is 6.12. The van der Waals surface area contributed by atoms with Crippen molar-refractivity contribution in [3.63, 3.8) is 0 Å². The van der Waals surface area contributed by atoms with Gasteiger partial charge in [-0.1, -0.05) is 22.9 Å². The summed E-state index contributed by atoms with van der Waals surface area (Å²) in [6.45, 7) is 3.93. The molecule has 0 amide bonds. The van der Waals surface area contributed by atoms with Crippen molar-refractivity contribution < 1.29 is 4.39 Å². The van der Waals surface area contributed by atoms with E-state index in [9.17, 15) is 4.39 Å². The van der Waals surface area contributed by atoms with Crippen LogP contribution in [0.3, 0.4) is 0 Å². The maximum absolute atomic E-state index is 14.1. The zero-order valence-electron chi connectivity index (χ0n) is 13.2. The molecule has 0 aliphatic carbocycles. The molecule has 1 aliphatic rings. The van der Waals surface area contributed by atoms with E-state index in [2.05, 4.69) is 25.2 Å². The van der Waals surface area contributed by atoms with E-state index in [4.69, 9.17) is 11.6 Å². The second kappa shape index (κ2) is 5.98. The number of aromatic nitrogens is 5. The number of fused-ring (bicyclic) bond motifs is 1. The molecule has 1 aromatic carbocycles. The number of benzene rings is 1. The van der Waals surface area contributed by atoms with Crippen LogP contribution in [0.1, 0.15) is 24.2 Å². The standard InChI is InChI=1S/C16H16ClFN6/c1-10-19-15(23-7-2-3-8-23)14-16(20-10)24(22-21-14)9-11-12(17)5-4-6-13(11)18/h4-6H,2-3,7-9H2,1H3. The number of halogens is 2. The van der Waals surface area contributed by atoms with Crippen LogP contribution >= 0.6 is 11.6 Å². The van der Waals surface area contributed by atoms with Gasteiger partial charge < -0.3 is 4.90 Å². The number of hydrogen-bond acceptors (Lipinski definition) is 5. The summed E-state index contributed by atoms with van der Waals surface area (Å²) in [4.78, 5) is 11.2. The van der Waals surface area contributed by atoms with Crippen LogP contribution in [0.2, 0.25) is 5.02 Å². The van der Waals surface area contributed by atoms with E-state index >= 15 is 0 Å². The summed E-state index contributed by atoms with van der Waals surface area (Å²) in [5.74, 6) is 1.09. The Kier molecular flexibility index (Phi) is 3.80. The zero-order valence-corrected chi connectivity index (χ0v) is 14.0. The summed E-state index contributed by atoms with van der Waals surface area (Å²) in [5, 5.41) is 8.76. The van der Waals surface area contributed by atoms with Crippen molar-refractivity contribution in [2.75, 3.05) is 18.0 Å². The minimum Gasteiger partial charge on any atom is -0.355 e. The lowest BCUT2D eigenvalue weighted by atomic mass is 10.2. The van der Waals surface area contributed by atoms with E-state index in [0.717, 1.165) is 31.7 Å². The second-order valence-electron chi connectivity index (χ2n) is 5.91. The highest BCUT2D eigenvalue weighted by Gasteiger charge is 2.21. The molecular weight excluding hydrogens is 331 g/mol. The van der Waals surface area contributed by atoms with Gasteiger partial charge in [0.1, 0.15) is 11.6 Å². The van der Waals surface area contributed by atoms with Gasteiger partial charge in [-0.2, -0.15) is 0 Å². The molecule has 0 unspecified atom stereocenters. The van der Waals surface area contributed by atoms with Crippen molar-refractivity contribution in [2.45, 2.75) is 26.3 Å². The highest BCUT2D eigenvalue weighted by atomic mass is 35.5. The predicted molar refractivity (Wildman–Crippen MR) is 89.8 cm³/mol. The van der Waals surface area contributed by atoms with Crippen LogP contribution in [0.5, 0.6) is 0 Å². The molecule has 1 saturated heterocycles. The molecule has 2 aromatic heterocycles. The Hall–Kier alpha value is -2.28. The fraction of sp³-hybridized carbons (Fsp3) is 0.375. The molecule has 0 spiro atoms. The Balaban J connectivity index is 1.80. The molecule has 8 heteroatoms. The fourth-order valence-electron chi connectivity index (χ4n) is 3.04. The molecule has 3 heterocycles. The van der Waals surface area contributed by atoms with Crippen LogP contribution in [-0.2, 0) is 6.54 Å². The lowest BCUT2D eigenvalue weighted by molar-refractivity contribution is 0.582. The van der Waals surface area contributed by atoms with Crippen molar-refractivity contribution in [1.29, 1.82) is 0 Å². The Morgan fingerprint density at radius 1 is 1.21 bits per heavy atom. The smallest absolute Gasteiger partial charge is 0.184 e. The zero-order chi connectivity index (χ0) is 16.7. The van der Waals surface area contributed by atoms with Crippen LogP contribution in [-0.4, -0.2) is 38.1 Å². The maximum Gasteiger partial charge on any atom is 0.184 e. The van der Waals surface area contributed by atoms with Crippen LogP contribution in [0.15, 0.2) is 18.2 Å². The number of hydrogen-bond donors (Lipinski definition) is 0. The monoisotopic (exact) mass is 346 g/mol. The third kappa shape index (κ3) is 2.58. The quantitative estimate of drug-likeness (QED) is 0.729. The minimum absolute atomic E-state index is 0.178. The molecule has 0 radical (unpaired) electrons. The largest absolute Gasteiger partial charge is 0.355 e. The third-order valence-electron chi connectivity index (χ3n) is 4.23. The van der Waals surface area contributed by atoms with Gasteiger partial charge in [0.15, 0.2) is 17.0 Å². The third-order valence-corrected chi connectivity index (χ3v) is 4.59. The number of nitrogens with zero attached hydrogens (tertiary/aromatic N) is 6. The molecule has 6 nitrogen and oxygen atoms in total. The highest BCUT2D eigenvalue weighted by Crippen LogP contribution is 2.26. The molecule has 124 valence electrons. The topological polar surface area (TPSA) is 59.7 Å². The number of rotatable bonds is 3.